The van der Waals surface area contributed by atoms with Gasteiger partial charge in [-0.1, -0.05) is 32.0 Å². The summed E-state index contributed by atoms with van der Waals surface area (Å²) >= 11 is 0. The van der Waals surface area contributed by atoms with Gasteiger partial charge >= 0.3 is 0 Å². The molecular formula is C15H28ClN3O. The molecule has 116 valence electrons. The van der Waals surface area contributed by atoms with Crippen LogP contribution in [-0.2, 0) is 6.42 Å². The third kappa shape index (κ3) is 6.57. The Morgan fingerprint density at radius 3 is 2.45 bits per heavy atom. The van der Waals surface area contributed by atoms with Gasteiger partial charge in [-0.05, 0) is 31.1 Å². The van der Waals surface area contributed by atoms with E-state index in [4.69, 9.17) is 16.2 Å². The number of para-hydroxylation sites is 1. The minimum Gasteiger partial charge on any atom is -0.492 e. The molecule has 0 heterocycles. The molecule has 0 aliphatic heterocycles. The van der Waals surface area contributed by atoms with E-state index in [2.05, 4.69) is 24.8 Å². The van der Waals surface area contributed by atoms with Gasteiger partial charge in [0.1, 0.15) is 12.4 Å². The lowest BCUT2D eigenvalue weighted by atomic mass is 10.1. The first-order chi connectivity index (χ1) is 9.21. The highest BCUT2D eigenvalue weighted by atomic mass is 35.5. The molecule has 0 aliphatic rings. The molecule has 1 aromatic carbocycles. The molecule has 0 saturated heterocycles. The van der Waals surface area contributed by atoms with Gasteiger partial charge in [0.2, 0.25) is 0 Å². The zero-order valence-corrected chi connectivity index (χ0v) is 13.4. The van der Waals surface area contributed by atoms with E-state index < -0.39 is 0 Å². The topological polar surface area (TPSA) is 64.5 Å². The number of rotatable bonds is 9. The average Bonchev–Trinajstić information content (AvgIpc) is 2.45. The molecule has 4 N–H and O–H groups in total. The molecule has 0 saturated carbocycles. The number of likely N-dealkylation sites (N-methyl/N-ethyl adjacent to an activating group) is 1. The van der Waals surface area contributed by atoms with Gasteiger partial charge in [-0.15, -0.1) is 12.4 Å². The van der Waals surface area contributed by atoms with Crippen LogP contribution in [0.3, 0.4) is 0 Å². The summed E-state index contributed by atoms with van der Waals surface area (Å²) in [5.41, 5.74) is 12.6. The highest BCUT2D eigenvalue weighted by molar-refractivity contribution is 5.85. The summed E-state index contributed by atoms with van der Waals surface area (Å²) in [6.45, 7) is 8.59. The number of hydrogen-bond acceptors (Lipinski definition) is 4. The molecule has 5 heteroatoms. The largest absolute Gasteiger partial charge is 0.492 e. The molecule has 0 bridgehead atoms. The van der Waals surface area contributed by atoms with Crippen LogP contribution in [-0.4, -0.2) is 43.7 Å². The first-order valence-electron chi connectivity index (χ1n) is 7.09. The smallest absolute Gasteiger partial charge is 0.122 e. The minimum atomic E-state index is -0.00691. The second kappa shape index (κ2) is 10.9. The molecule has 1 aromatic rings. The molecule has 0 aromatic heterocycles. The Labute approximate surface area is 128 Å². The first kappa shape index (κ1) is 19.2. The fraction of sp³-hybridized carbons (Fsp3) is 0.600. The van der Waals surface area contributed by atoms with Crippen LogP contribution in [0.25, 0.3) is 0 Å². The summed E-state index contributed by atoms with van der Waals surface area (Å²) in [4.78, 5) is 2.34. The van der Waals surface area contributed by atoms with Gasteiger partial charge < -0.3 is 21.1 Å². The standard InChI is InChI=1S/C15H27N3O.ClH/c1-3-18(4-2)9-10-19-15-8-6-5-7-13(15)11-14(17)12-16;/h5-8,14H,3-4,9-12,16-17H2,1-2H3;1H. The van der Waals surface area contributed by atoms with Gasteiger partial charge in [0.15, 0.2) is 0 Å². The van der Waals surface area contributed by atoms with Crippen LogP contribution in [0.15, 0.2) is 24.3 Å². The van der Waals surface area contributed by atoms with E-state index in [1.54, 1.807) is 0 Å². The van der Waals surface area contributed by atoms with Crippen LogP contribution in [0.2, 0.25) is 0 Å². The van der Waals surface area contributed by atoms with Crippen molar-refractivity contribution in [3.05, 3.63) is 29.8 Å². The molecule has 0 amide bonds. The van der Waals surface area contributed by atoms with Gasteiger partial charge in [0, 0.05) is 19.1 Å². The molecule has 0 fully saturated rings. The van der Waals surface area contributed by atoms with Crippen molar-refractivity contribution in [3.8, 4) is 5.75 Å². The summed E-state index contributed by atoms with van der Waals surface area (Å²) in [6.07, 6.45) is 0.762. The zero-order valence-electron chi connectivity index (χ0n) is 12.5. The van der Waals surface area contributed by atoms with Gasteiger partial charge in [-0.2, -0.15) is 0 Å². The maximum Gasteiger partial charge on any atom is 0.122 e. The highest BCUT2D eigenvalue weighted by Crippen LogP contribution is 2.19. The summed E-state index contributed by atoms with van der Waals surface area (Å²) in [5, 5.41) is 0. The second-order valence-electron chi connectivity index (χ2n) is 4.68. The molecule has 4 nitrogen and oxygen atoms in total. The lowest BCUT2D eigenvalue weighted by Gasteiger charge is -2.19. The average molecular weight is 302 g/mol. The van der Waals surface area contributed by atoms with Crippen LogP contribution < -0.4 is 16.2 Å². The minimum absolute atomic E-state index is 0. The Kier molecular flexibility index (Phi) is 10.5. The Morgan fingerprint density at radius 1 is 1.20 bits per heavy atom. The Bertz CT molecular complexity index is 359. The van der Waals surface area contributed by atoms with Crippen molar-refractivity contribution in [1.29, 1.82) is 0 Å². The summed E-state index contributed by atoms with van der Waals surface area (Å²) in [6, 6.07) is 8.05. The van der Waals surface area contributed by atoms with Crippen LogP contribution in [0, 0.1) is 0 Å². The first-order valence-corrected chi connectivity index (χ1v) is 7.09. The Hall–Kier alpha value is -0.810. The third-order valence-corrected chi connectivity index (χ3v) is 3.32. The number of hydrogen-bond donors (Lipinski definition) is 2. The fourth-order valence-corrected chi connectivity index (χ4v) is 2.00. The number of benzene rings is 1. The van der Waals surface area contributed by atoms with E-state index in [-0.39, 0.29) is 18.4 Å². The van der Waals surface area contributed by atoms with Crippen LogP contribution in [0.4, 0.5) is 0 Å². The summed E-state index contributed by atoms with van der Waals surface area (Å²) in [5.74, 6) is 0.929. The van der Waals surface area contributed by atoms with Gasteiger partial charge in [-0.25, -0.2) is 0 Å². The van der Waals surface area contributed by atoms with E-state index >= 15 is 0 Å². The zero-order chi connectivity index (χ0) is 14.1. The van der Waals surface area contributed by atoms with Crippen LogP contribution in [0.5, 0.6) is 5.75 Å². The predicted octanol–water partition coefficient (Wildman–Crippen LogP) is 1.66. The number of ether oxygens (including phenoxy) is 1. The van der Waals surface area contributed by atoms with Crippen molar-refractivity contribution < 1.29 is 4.74 Å². The number of nitrogens with zero attached hydrogens (tertiary/aromatic N) is 1. The van der Waals surface area contributed by atoms with Crippen molar-refractivity contribution in [2.24, 2.45) is 11.5 Å². The summed E-state index contributed by atoms with van der Waals surface area (Å²) < 4.78 is 5.88. The number of nitrogens with two attached hydrogens (primary N) is 2. The van der Waals surface area contributed by atoms with Gasteiger partial charge in [0.25, 0.3) is 0 Å². The highest BCUT2D eigenvalue weighted by Gasteiger charge is 2.08. The lowest BCUT2D eigenvalue weighted by molar-refractivity contribution is 0.221. The molecule has 1 atom stereocenters. The monoisotopic (exact) mass is 301 g/mol. The fourth-order valence-electron chi connectivity index (χ4n) is 2.00. The number of halogens is 1. The van der Waals surface area contributed by atoms with E-state index in [1.807, 2.05) is 18.2 Å². The normalized spacial score (nSPS) is 12.1. The van der Waals surface area contributed by atoms with Crippen LogP contribution >= 0.6 is 12.4 Å². The molecule has 0 radical (unpaired) electrons. The quantitative estimate of drug-likeness (QED) is 0.728. The van der Waals surface area contributed by atoms with Crippen LogP contribution in [0.1, 0.15) is 19.4 Å². The van der Waals surface area contributed by atoms with Crippen molar-refractivity contribution >= 4 is 12.4 Å². The van der Waals surface area contributed by atoms with Crippen molar-refractivity contribution in [1.82, 2.24) is 4.90 Å². The Balaban J connectivity index is 0.00000361. The van der Waals surface area contributed by atoms with E-state index in [9.17, 15) is 0 Å². The van der Waals surface area contributed by atoms with Gasteiger partial charge in [0.05, 0.1) is 0 Å². The molecular weight excluding hydrogens is 274 g/mol. The molecule has 0 aliphatic carbocycles. The molecule has 1 unspecified atom stereocenters. The van der Waals surface area contributed by atoms with E-state index in [0.29, 0.717) is 13.2 Å². The maximum atomic E-state index is 5.91. The van der Waals surface area contributed by atoms with E-state index in [1.165, 1.54) is 0 Å². The van der Waals surface area contributed by atoms with Gasteiger partial charge in [-0.3, -0.25) is 0 Å². The summed E-state index contributed by atoms with van der Waals surface area (Å²) in [7, 11) is 0. The SMILES string of the molecule is CCN(CC)CCOc1ccccc1CC(N)CN.Cl. The Morgan fingerprint density at radius 2 is 1.85 bits per heavy atom. The lowest BCUT2D eigenvalue weighted by Crippen LogP contribution is -2.32. The van der Waals surface area contributed by atoms with Crippen molar-refractivity contribution in [2.75, 3.05) is 32.8 Å². The molecule has 1 rings (SSSR count). The van der Waals surface area contributed by atoms with Crippen molar-refractivity contribution in [2.45, 2.75) is 26.3 Å². The molecule has 20 heavy (non-hydrogen) atoms. The predicted molar refractivity (Wildman–Crippen MR) is 87.7 cm³/mol. The van der Waals surface area contributed by atoms with E-state index in [0.717, 1.165) is 37.4 Å². The third-order valence-electron chi connectivity index (χ3n) is 3.32. The maximum absolute atomic E-state index is 5.91. The van der Waals surface area contributed by atoms with Crippen molar-refractivity contribution in [3.63, 3.8) is 0 Å². The molecule has 0 spiro atoms. The second-order valence-corrected chi connectivity index (χ2v) is 4.68.